The molecule has 1 heterocycles. The first-order chi connectivity index (χ1) is 11.7. The van der Waals surface area contributed by atoms with E-state index in [-0.39, 0.29) is 29.7 Å². The van der Waals surface area contributed by atoms with E-state index in [0.29, 0.717) is 11.7 Å². The smallest absolute Gasteiger partial charge is 0.223 e. The van der Waals surface area contributed by atoms with Crippen LogP contribution in [-0.2, 0) is 9.59 Å². The number of hydrogen-bond acceptors (Lipinski definition) is 3. The van der Waals surface area contributed by atoms with Crippen molar-refractivity contribution >= 4 is 23.0 Å². The van der Waals surface area contributed by atoms with E-state index in [9.17, 15) is 9.59 Å². The number of fused-ring (bicyclic) bond motifs is 2. The molecule has 3 fully saturated rings. The van der Waals surface area contributed by atoms with Crippen LogP contribution in [0.3, 0.4) is 0 Å². The lowest BCUT2D eigenvalue weighted by atomic mass is 9.67. The zero-order valence-corrected chi connectivity index (χ0v) is 15.0. The van der Waals surface area contributed by atoms with Gasteiger partial charge < -0.3 is 5.32 Å². The number of carbonyl (C=O) groups is 2. The second-order valence-corrected chi connectivity index (χ2v) is 8.92. The lowest BCUT2D eigenvalue weighted by Gasteiger charge is -2.37. The summed E-state index contributed by atoms with van der Waals surface area (Å²) in [6, 6.07) is 4.42. The Labute approximate surface area is 148 Å². The van der Waals surface area contributed by atoms with Gasteiger partial charge in [0.15, 0.2) is 0 Å². The minimum absolute atomic E-state index is 0.0434. The van der Waals surface area contributed by atoms with E-state index in [4.69, 9.17) is 0 Å². The molecular weight excluding hydrogens is 318 g/mol. The predicted molar refractivity (Wildman–Crippen MR) is 95.7 cm³/mol. The van der Waals surface area contributed by atoms with E-state index in [0.717, 1.165) is 32.1 Å². The summed E-state index contributed by atoms with van der Waals surface area (Å²) in [7, 11) is 0. The Morgan fingerprint density at radius 1 is 1.08 bits per heavy atom. The van der Waals surface area contributed by atoms with Crippen LogP contribution in [0.5, 0.6) is 0 Å². The Morgan fingerprint density at radius 3 is 2.42 bits per heavy atom. The number of ketones is 1. The number of thiophene rings is 1. The van der Waals surface area contributed by atoms with Crippen LogP contribution < -0.4 is 5.32 Å². The molecule has 4 heteroatoms. The van der Waals surface area contributed by atoms with E-state index >= 15 is 0 Å². The lowest BCUT2D eigenvalue weighted by Crippen LogP contribution is -2.44. The standard InChI is InChI=1S/C20H27NO2S/c22-19-14-7-3-8-15(19)12-16(11-14)20(23)21-18(13-5-1-2-6-13)17-9-4-10-24-17/h4,9-10,13-16,18H,1-3,5-8,11-12H2,(H,21,23)/t14-,15+,16?,18-/m0/s1. The Morgan fingerprint density at radius 2 is 1.79 bits per heavy atom. The lowest BCUT2D eigenvalue weighted by molar-refractivity contribution is -0.138. The third-order valence-corrected chi connectivity index (χ3v) is 7.39. The molecule has 0 aromatic carbocycles. The van der Waals surface area contributed by atoms with Crippen molar-refractivity contribution in [3.05, 3.63) is 22.4 Å². The maximum absolute atomic E-state index is 13.0. The van der Waals surface area contributed by atoms with Crippen LogP contribution >= 0.6 is 11.3 Å². The summed E-state index contributed by atoms with van der Waals surface area (Å²) in [4.78, 5) is 26.5. The Kier molecular flexibility index (Phi) is 4.75. The molecule has 1 aromatic heterocycles. The molecule has 2 bridgehead atoms. The average Bonchev–Trinajstić information content (AvgIpc) is 3.26. The maximum atomic E-state index is 13.0. The van der Waals surface area contributed by atoms with Gasteiger partial charge in [0.05, 0.1) is 6.04 Å². The fourth-order valence-electron chi connectivity index (χ4n) is 5.15. The van der Waals surface area contributed by atoms with Crippen molar-refractivity contribution in [3.63, 3.8) is 0 Å². The number of amides is 1. The average molecular weight is 346 g/mol. The van der Waals surface area contributed by atoms with Crippen LogP contribution in [0.2, 0.25) is 0 Å². The summed E-state index contributed by atoms with van der Waals surface area (Å²) >= 11 is 1.75. The fraction of sp³-hybridized carbons (Fsp3) is 0.700. The first-order valence-electron chi connectivity index (χ1n) is 9.60. The maximum Gasteiger partial charge on any atom is 0.223 e. The molecule has 0 radical (unpaired) electrons. The molecule has 4 rings (SSSR count). The number of nitrogens with one attached hydrogen (secondary N) is 1. The van der Waals surface area contributed by atoms with E-state index in [1.54, 1.807) is 11.3 Å². The van der Waals surface area contributed by atoms with Crippen molar-refractivity contribution in [1.82, 2.24) is 5.32 Å². The topological polar surface area (TPSA) is 46.2 Å². The molecule has 1 amide bonds. The Bertz CT molecular complexity index is 575. The molecule has 130 valence electrons. The molecular formula is C20H27NO2S. The number of rotatable bonds is 4. The van der Waals surface area contributed by atoms with Crippen LogP contribution in [0.1, 0.15) is 68.7 Å². The molecule has 24 heavy (non-hydrogen) atoms. The molecule has 3 aliphatic rings. The third kappa shape index (κ3) is 3.17. The summed E-state index contributed by atoms with van der Waals surface area (Å²) < 4.78 is 0. The van der Waals surface area contributed by atoms with Gasteiger partial charge in [-0.2, -0.15) is 0 Å². The summed E-state index contributed by atoms with van der Waals surface area (Å²) in [6.07, 6.45) is 9.72. The highest BCUT2D eigenvalue weighted by Crippen LogP contribution is 2.41. The molecule has 3 saturated carbocycles. The molecule has 0 saturated heterocycles. The van der Waals surface area contributed by atoms with Gasteiger partial charge in [-0.15, -0.1) is 11.3 Å². The van der Waals surface area contributed by atoms with Crippen molar-refractivity contribution in [2.24, 2.45) is 23.7 Å². The summed E-state index contributed by atoms with van der Waals surface area (Å²) in [5, 5.41) is 5.50. The minimum atomic E-state index is 0.0434. The molecule has 1 aromatic rings. The van der Waals surface area contributed by atoms with Gasteiger partial charge in [-0.25, -0.2) is 0 Å². The summed E-state index contributed by atoms with van der Waals surface area (Å²) in [6.45, 7) is 0. The van der Waals surface area contributed by atoms with Gasteiger partial charge in [-0.3, -0.25) is 9.59 Å². The number of hydrogen-bond donors (Lipinski definition) is 1. The molecule has 3 aliphatic carbocycles. The van der Waals surface area contributed by atoms with Crippen LogP contribution in [0, 0.1) is 23.7 Å². The van der Waals surface area contributed by atoms with Gasteiger partial charge in [0, 0.05) is 22.6 Å². The van der Waals surface area contributed by atoms with Gasteiger partial charge in [0.1, 0.15) is 5.78 Å². The minimum Gasteiger partial charge on any atom is -0.348 e. The molecule has 0 spiro atoms. The zero-order chi connectivity index (χ0) is 16.5. The summed E-state index contributed by atoms with van der Waals surface area (Å²) in [5.74, 6) is 1.57. The quantitative estimate of drug-likeness (QED) is 0.874. The number of Topliss-reactive ketones (excluding diaryl/α,β-unsaturated/α-hetero) is 1. The Balaban J connectivity index is 1.46. The van der Waals surface area contributed by atoms with Crippen molar-refractivity contribution in [3.8, 4) is 0 Å². The highest BCUT2D eigenvalue weighted by molar-refractivity contribution is 7.10. The highest BCUT2D eigenvalue weighted by Gasteiger charge is 2.42. The third-order valence-electron chi connectivity index (χ3n) is 6.44. The van der Waals surface area contributed by atoms with Crippen LogP contribution in [-0.4, -0.2) is 11.7 Å². The van der Waals surface area contributed by atoms with Crippen molar-refractivity contribution in [2.75, 3.05) is 0 Å². The van der Waals surface area contributed by atoms with Gasteiger partial charge in [0.2, 0.25) is 5.91 Å². The van der Waals surface area contributed by atoms with E-state index in [1.807, 2.05) is 0 Å². The SMILES string of the molecule is O=C(N[C@H](c1cccs1)C1CCCC1)C1C[C@H]2CCC[C@@H](C1)C2=O. The number of carbonyl (C=O) groups excluding carboxylic acids is 2. The summed E-state index contributed by atoms with van der Waals surface area (Å²) in [5.41, 5.74) is 0. The predicted octanol–water partition coefficient (Wildman–Crippen LogP) is 4.49. The molecule has 3 nitrogen and oxygen atoms in total. The van der Waals surface area contributed by atoms with Gasteiger partial charge in [-0.1, -0.05) is 25.3 Å². The normalized spacial score (nSPS) is 31.8. The van der Waals surface area contributed by atoms with Crippen LogP contribution in [0.15, 0.2) is 17.5 Å². The molecule has 1 N–H and O–H groups in total. The highest BCUT2D eigenvalue weighted by atomic mass is 32.1. The van der Waals surface area contributed by atoms with Crippen LogP contribution in [0.4, 0.5) is 0 Å². The van der Waals surface area contributed by atoms with Gasteiger partial charge in [-0.05, 0) is 55.9 Å². The van der Waals surface area contributed by atoms with E-state index in [2.05, 4.69) is 22.8 Å². The largest absolute Gasteiger partial charge is 0.348 e. The second kappa shape index (κ2) is 6.99. The Hall–Kier alpha value is -1.16. The van der Waals surface area contributed by atoms with Gasteiger partial charge >= 0.3 is 0 Å². The molecule has 1 unspecified atom stereocenters. The van der Waals surface area contributed by atoms with Crippen molar-refractivity contribution in [1.29, 1.82) is 0 Å². The van der Waals surface area contributed by atoms with Crippen LogP contribution in [0.25, 0.3) is 0 Å². The van der Waals surface area contributed by atoms with E-state index in [1.165, 1.54) is 30.6 Å². The first-order valence-corrected chi connectivity index (χ1v) is 10.5. The molecule has 0 aliphatic heterocycles. The monoisotopic (exact) mass is 345 g/mol. The van der Waals surface area contributed by atoms with Gasteiger partial charge in [0.25, 0.3) is 0 Å². The first kappa shape index (κ1) is 16.3. The second-order valence-electron chi connectivity index (χ2n) is 7.94. The van der Waals surface area contributed by atoms with E-state index < -0.39 is 0 Å². The van der Waals surface area contributed by atoms with Crippen molar-refractivity contribution in [2.45, 2.75) is 63.8 Å². The molecule has 4 atom stereocenters. The fourth-order valence-corrected chi connectivity index (χ4v) is 6.01. The van der Waals surface area contributed by atoms with Crippen molar-refractivity contribution < 1.29 is 9.59 Å². The zero-order valence-electron chi connectivity index (χ0n) is 14.2.